The monoisotopic (exact) mass is 544 g/mol. The van der Waals surface area contributed by atoms with Crippen LogP contribution in [0, 0.1) is 0 Å². The highest BCUT2D eigenvalue weighted by Gasteiger charge is 2.29. The molecule has 0 unspecified atom stereocenters. The Kier molecular flexibility index (Phi) is 6.86. The molecule has 6 rings (SSSR count). The maximum absolute atomic E-state index is 13.1. The van der Waals surface area contributed by atoms with Crippen molar-refractivity contribution >= 4 is 44.7 Å². The molecule has 0 saturated carbocycles. The largest absolute Gasteiger partial charge is 0.358 e. The lowest BCUT2D eigenvalue weighted by Crippen LogP contribution is -2.21. The lowest BCUT2D eigenvalue weighted by Gasteiger charge is -2.15. The fraction of sp³-hybridized carbons (Fsp3) is 0.333. The smallest absolute Gasteiger partial charge is 0.261 e. The first-order valence-electron chi connectivity index (χ1n) is 13.6. The maximum atomic E-state index is 13.1. The Labute approximate surface area is 228 Å². The molecule has 3 aliphatic rings. The molecule has 0 radical (unpaired) electrons. The van der Waals surface area contributed by atoms with Gasteiger partial charge in [-0.1, -0.05) is 18.2 Å². The lowest BCUT2D eigenvalue weighted by molar-refractivity contribution is -0.110. The standard InChI is InChI=1S/C30H32N4O4S/c35-28-12-6-11-26-29(28)22(10-7-17-34-15-4-5-16-34)27(31-26)19-24-23-18-20(13-14-25(23)32-30(24)36)33-39(37,38)21-8-2-1-3-9-21/h1-3,8-9,13-14,18-19,31,33H,4-7,10-12,15-17H2,(H,32,36)/b24-19+. The van der Waals surface area contributed by atoms with Gasteiger partial charge in [-0.15, -0.1) is 0 Å². The summed E-state index contributed by atoms with van der Waals surface area (Å²) in [6.07, 6.45) is 8.21. The number of aryl methyl sites for hydroxylation is 1. The second-order valence-electron chi connectivity index (χ2n) is 10.5. The molecule has 8 nitrogen and oxygen atoms in total. The van der Waals surface area contributed by atoms with Crippen LogP contribution in [0.25, 0.3) is 11.6 Å². The second-order valence-corrected chi connectivity index (χ2v) is 12.2. The second kappa shape index (κ2) is 10.5. The molecular formula is C30H32N4O4S. The van der Waals surface area contributed by atoms with Crippen LogP contribution in [0.3, 0.4) is 0 Å². The topological polar surface area (TPSA) is 111 Å². The highest BCUT2D eigenvalue weighted by Crippen LogP contribution is 2.37. The van der Waals surface area contributed by atoms with Crippen molar-refractivity contribution in [2.75, 3.05) is 29.7 Å². The minimum atomic E-state index is -3.78. The number of likely N-dealkylation sites (tertiary alicyclic amines) is 1. The fourth-order valence-corrected chi connectivity index (χ4v) is 6.98. The fourth-order valence-electron chi connectivity index (χ4n) is 5.91. The number of carbonyl (C=O) groups is 2. The number of nitrogens with zero attached hydrogens (tertiary/aromatic N) is 1. The van der Waals surface area contributed by atoms with Crippen LogP contribution in [0.15, 0.2) is 53.4 Å². The van der Waals surface area contributed by atoms with Crippen LogP contribution in [0.4, 0.5) is 11.4 Å². The van der Waals surface area contributed by atoms with Gasteiger partial charge in [-0.2, -0.15) is 0 Å². The summed E-state index contributed by atoms with van der Waals surface area (Å²) in [6, 6.07) is 13.2. The highest BCUT2D eigenvalue weighted by molar-refractivity contribution is 7.92. The molecule has 39 heavy (non-hydrogen) atoms. The van der Waals surface area contributed by atoms with Gasteiger partial charge in [0.1, 0.15) is 0 Å². The van der Waals surface area contributed by atoms with E-state index in [2.05, 4.69) is 19.9 Å². The van der Waals surface area contributed by atoms with Crippen molar-refractivity contribution < 1.29 is 18.0 Å². The lowest BCUT2D eigenvalue weighted by atomic mass is 9.91. The van der Waals surface area contributed by atoms with Gasteiger partial charge < -0.3 is 15.2 Å². The molecule has 3 N–H and O–H groups in total. The summed E-state index contributed by atoms with van der Waals surface area (Å²) >= 11 is 0. The van der Waals surface area contributed by atoms with Crippen LogP contribution < -0.4 is 10.0 Å². The Morgan fingerprint density at radius 2 is 1.77 bits per heavy atom. The van der Waals surface area contributed by atoms with Crippen LogP contribution in [0.1, 0.15) is 65.0 Å². The summed E-state index contributed by atoms with van der Waals surface area (Å²) in [4.78, 5) is 32.1. The highest BCUT2D eigenvalue weighted by atomic mass is 32.2. The summed E-state index contributed by atoms with van der Waals surface area (Å²) < 4.78 is 28.4. The Morgan fingerprint density at radius 3 is 2.56 bits per heavy atom. The van der Waals surface area contributed by atoms with Crippen LogP contribution in [-0.4, -0.2) is 49.6 Å². The third kappa shape index (κ3) is 5.16. The number of H-pyrrole nitrogens is 1. The van der Waals surface area contributed by atoms with Crippen molar-refractivity contribution in [2.45, 2.75) is 49.8 Å². The third-order valence-electron chi connectivity index (χ3n) is 7.82. The van der Waals surface area contributed by atoms with Crippen molar-refractivity contribution in [1.29, 1.82) is 0 Å². The number of aromatic nitrogens is 1. The van der Waals surface area contributed by atoms with Gasteiger partial charge in [0.25, 0.3) is 15.9 Å². The number of hydrogen-bond donors (Lipinski definition) is 3. The Balaban J connectivity index is 1.32. The van der Waals surface area contributed by atoms with Gasteiger partial charge in [-0.05, 0) is 100 Å². The van der Waals surface area contributed by atoms with Crippen LogP contribution >= 0.6 is 0 Å². The minimum absolute atomic E-state index is 0.163. The zero-order chi connectivity index (χ0) is 27.0. The van der Waals surface area contributed by atoms with Gasteiger partial charge in [0, 0.05) is 40.3 Å². The summed E-state index contributed by atoms with van der Waals surface area (Å²) in [5.74, 6) is -0.0859. The SMILES string of the molecule is O=C1Nc2ccc(NS(=O)(=O)c3ccccc3)cc2/C1=C\c1[nH]c2c(c1CCCN1CCCC1)C(=O)CCC2. The number of aromatic amines is 1. The Morgan fingerprint density at radius 1 is 0.974 bits per heavy atom. The maximum Gasteiger partial charge on any atom is 0.261 e. The van der Waals surface area contributed by atoms with Crippen molar-refractivity contribution in [3.8, 4) is 0 Å². The van der Waals surface area contributed by atoms with Crippen molar-refractivity contribution in [3.63, 3.8) is 0 Å². The molecule has 1 saturated heterocycles. The molecule has 3 aromatic rings. The number of rotatable bonds is 8. The molecule has 1 aromatic heterocycles. The van der Waals surface area contributed by atoms with Gasteiger partial charge in [0.05, 0.1) is 10.5 Å². The number of sulfonamides is 1. The average molecular weight is 545 g/mol. The van der Waals surface area contributed by atoms with Gasteiger partial charge in [-0.3, -0.25) is 14.3 Å². The Bertz CT molecular complexity index is 1570. The molecule has 0 atom stereocenters. The van der Waals surface area contributed by atoms with Crippen molar-refractivity contribution in [3.05, 3.63) is 76.6 Å². The summed E-state index contributed by atoms with van der Waals surface area (Å²) in [7, 11) is -3.78. The molecule has 202 valence electrons. The van der Waals surface area contributed by atoms with E-state index >= 15 is 0 Å². The normalized spacial score (nSPS) is 18.3. The zero-order valence-electron chi connectivity index (χ0n) is 21.8. The number of Topliss-reactive ketones (excluding diaryl/α,β-unsaturated/α-hetero) is 1. The molecule has 1 aliphatic carbocycles. The van der Waals surface area contributed by atoms with Crippen molar-refractivity contribution in [2.24, 2.45) is 0 Å². The van der Waals surface area contributed by atoms with E-state index in [0.717, 1.165) is 67.8 Å². The van der Waals surface area contributed by atoms with Crippen LogP contribution in [-0.2, 0) is 27.7 Å². The number of nitrogens with one attached hydrogen (secondary N) is 3. The molecule has 3 heterocycles. The number of amides is 1. The van der Waals surface area contributed by atoms with E-state index in [9.17, 15) is 18.0 Å². The summed E-state index contributed by atoms with van der Waals surface area (Å²) in [6.45, 7) is 3.27. The number of fused-ring (bicyclic) bond motifs is 2. The van der Waals surface area contributed by atoms with Gasteiger partial charge in [0.2, 0.25) is 0 Å². The molecule has 2 aromatic carbocycles. The van der Waals surface area contributed by atoms with Crippen LogP contribution in [0.2, 0.25) is 0 Å². The third-order valence-corrected chi connectivity index (χ3v) is 9.22. The number of ketones is 1. The first kappa shape index (κ1) is 25.6. The molecule has 1 fully saturated rings. The predicted molar refractivity (Wildman–Crippen MR) is 152 cm³/mol. The quantitative estimate of drug-likeness (QED) is 0.351. The first-order valence-corrected chi connectivity index (χ1v) is 15.1. The van der Waals surface area contributed by atoms with E-state index in [0.29, 0.717) is 28.9 Å². The minimum Gasteiger partial charge on any atom is -0.358 e. The molecular weight excluding hydrogens is 512 g/mol. The molecule has 2 aliphatic heterocycles. The predicted octanol–water partition coefficient (Wildman–Crippen LogP) is 4.86. The zero-order valence-corrected chi connectivity index (χ0v) is 22.6. The first-order chi connectivity index (χ1) is 18.9. The molecule has 1 amide bonds. The van der Waals surface area contributed by atoms with Crippen molar-refractivity contribution in [1.82, 2.24) is 9.88 Å². The summed E-state index contributed by atoms with van der Waals surface area (Å²) in [5, 5.41) is 2.89. The number of anilines is 2. The van der Waals surface area contributed by atoms with E-state index in [4.69, 9.17) is 0 Å². The summed E-state index contributed by atoms with van der Waals surface area (Å²) in [5.41, 5.74) is 5.60. The van der Waals surface area contributed by atoms with E-state index < -0.39 is 10.0 Å². The van der Waals surface area contributed by atoms with E-state index in [1.54, 1.807) is 36.4 Å². The van der Waals surface area contributed by atoms with E-state index in [-0.39, 0.29) is 16.6 Å². The molecule has 0 bridgehead atoms. The average Bonchev–Trinajstić information content (AvgIpc) is 3.64. The van der Waals surface area contributed by atoms with Crippen LogP contribution in [0.5, 0.6) is 0 Å². The number of carbonyl (C=O) groups excluding carboxylic acids is 2. The van der Waals surface area contributed by atoms with Gasteiger partial charge in [0.15, 0.2) is 5.78 Å². The van der Waals surface area contributed by atoms with Gasteiger partial charge >= 0.3 is 0 Å². The van der Waals surface area contributed by atoms with Gasteiger partial charge in [-0.25, -0.2) is 8.42 Å². The van der Waals surface area contributed by atoms with E-state index in [1.165, 1.54) is 25.0 Å². The Hall–Kier alpha value is -3.69. The van der Waals surface area contributed by atoms with E-state index in [1.807, 2.05) is 6.08 Å². The number of benzene rings is 2. The molecule has 0 spiro atoms. The molecule has 9 heteroatoms. The number of hydrogen-bond acceptors (Lipinski definition) is 5.